The molecule has 0 saturated heterocycles. The van der Waals surface area contributed by atoms with Crippen molar-refractivity contribution in [3.8, 4) is 0 Å². The van der Waals surface area contributed by atoms with Gasteiger partial charge in [0.25, 0.3) is 0 Å². The predicted octanol–water partition coefficient (Wildman–Crippen LogP) is 3.55. The normalized spacial score (nSPS) is 11.2. The highest BCUT2D eigenvalue weighted by Gasteiger charge is 2.22. The molecule has 27 heavy (non-hydrogen) atoms. The largest absolute Gasteiger partial charge is 0.354 e. The molecular weight excluding hydrogens is 404 g/mol. The first-order valence-electron chi connectivity index (χ1n) is 8.48. The zero-order valence-corrected chi connectivity index (χ0v) is 17.5. The second-order valence-corrected chi connectivity index (χ2v) is 9.38. The van der Waals surface area contributed by atoms with Crippen LogP contribution in [0.2, 0.25) is 5.02 Å². The van der Waals surface area contributed by atoms with Crippen LogP contribution in [0.1, 0.15) is 12.0 Å². The molecule has 0 aliphatic carbocycles. The number of sulfonamides is 1. The summed E-state index contributed by atoms with van der Waals surface area (Å²) in [6.45, 7) is 0.209. The van der Waals surface area contributed by atoms with Crippen molar-refractivity contribution >= 4 is 45.0 Å². The monoisotopic (exact) mass is 426 g/mol. The maximum Gasteiger partial charge on any atom is 0.240 e. The van der Waals surface area contributed by atoms with E-state index >= 15 is 0 Å². The number of amides is 1. The van der Waals surface area contributed by atoms with Gasteiger partial charge in [-0.05, 0) is 29.9 Å². The number of carbonyl (C=O) groups excluding carboxylic acids is 1. The fourth-order valence-corrected chi connectivity index (χ4v) is 4.46. The number of nitrogens with zero attached hydrogens (tertiary/aromatic N) is 1. The number of hydrogen-bond acceptors (Lipinski definition) is 4. The lowest BCUT2D eigenvalue weighted by Crippen LogP contribution is -2.40. The third-order valence-corrected chi connectivity index (χ3v) is 6.27. The van der Waals surface area contributed by atoms with E-state index in [1.807, 2.05) is 18.2 Å². The molecule has 2 rings (SSSR count). The SMILES string of the molecule is CS(=O)(=O)N(CC(=O)NCCCSCc1ccccc1)c1ccccc1Cl. The van der Waals surface area contributed by atoms with Gasteiger partial charge in [-0.2, -0.15) is 11.8 Å². The van der Waals surface area contributed by atoms with E-state index in [0.29, 0.717) is 12.2 Å². The van der Waals surface area contributed by atoms with Crippen LogP contribution in [-0.2, 0) is 20.6 Å². The van der Waals surface area contributed by atoms with Gasteiger partial charge in [0.15, 0.2) is 0 Å². The first kappa shape index (κ1) is 21.6. The van der Waals surface area contributed by atoms with Gasteiger partial charge in [-0.1, -0.05) is 54.1 Å². The summed E-state index contributed by atoms with van der Waals surface area (Å²) >= 11 is 7.88. The molecule has 0 fully saturated rings. The average molecular weight is 427 g/mol. The highest BCUT2D eigenvalue weighted by atomic mass is 35.5. The lowest BCUT2D eigenvalue weighted by atomic mass is 10.2. The van der Waals surface area contributed by atoms with Gasteiger partial charge in [-0.3, -0.25) is 9.10 Å². The molecule has 2 aromatic rings. The molecule has 1 N–H and O–H groups in total. The molecule has 2 aromatic carbocycles. The predicted molar refractivity (Wildman–Crippen MR) is 114 cm³/mol. The fourth-order valence-electron chi connectivity index (χ4n) is 2.39. The number of hydrogen-bond donors (Lipinski definition) is 1. The van der Waals surface area contributed by atoms with Crippen molar-refractivity contribution in [2.45, 2.75) is 12.2 Å². The average Bonchev–Trinajstić information content (AvgIpc) is 2.63. The van der Waals surface area contributed by atoms with E-state index in [4.69, 9.17) is 11.6 Å². The Morgan fingerprint density at radius 2 is 1.78 bits per heavy atom. The zero-order valence-electron chi connectivity index (χ0n) is 15.1. The van der Waals surface area contributed by atoms with Crippen molar-refractivity contribution in [1.29, 1.82) is 0 Å². The molecule has 0 aliphatic heterocycles. The summed E-state index contributed by atoms with van der Waals surface area (Å²) in [6, 6.07) is 16.8. The van der Waals surface area contributed by atoms with Gasteiger partial charge in [0.1, 0.15) is 6.54 Å². The van der Waals surface area contributed by atoms with Crippen LogP contribution in [0.25, 0.3) is 0 Å². The van der Waals surface area contributed by atoms with Crippen LogP contribution in [0.4, 0.5) is 5.69 Å². The van der Waals surface area contributed by atoms with Gasteiger partial charge in [-0.15, -0.1) is 0 Å². The molecule has 0 spiro atoms. The van der Waals surface area contributed by atoms with Gasteiger partial charge in [0.2, 0.25) is 15.9 Å². The minimum atomic E-state index is -3.62. The Kier molecular flexibility index (Phi) is 8.47. The van der Waals surface area contributed by atoms with Crippen molar-refractivity contribution in [2.75, 3.05) is 29.4 Å². The summed E-state index contributed by atoms with van der Waals surface area (Å²) in [5.74, 6) is 1.49. The summed E-state index contributed by atoms with van der Waals surface area (Å²) < 4.78 is 25.1. The third kappa shape index (κ3) is 7.44. The number of carbonyl (C=O) groups is 1. The highest BCUT2D eigenvalue weighted by Crippen LogP contribution is 2.26. The Morgan fingerprint density at radius 3 is 2.44 bits per heavy atom. The molecule has 8 heteroatoms. The zero-order chi connectivity index (χ0) is 19.7. The summed E-state index contributed by atoms with van der Waals surface area (Å²) in [6.07, 6.45) is 1.87. The van der Waals surface area contributed by atoms with Gasteiger partial charge < -0.3 is 5.32 Å². The Bertz CT molecular complexity index is 845. The number of thioether (sulfide) groups is 1. The molecule has 1 amide bonds. The number of para-hydroxylation sites is 1. The molecule has 0 atom stereocenters. The molecule has 0 heterocycles. The minimum absolute atomic E-state index is 0.285. The molecule has 0 aromatic heterocycles. The lowest BCUT2D eigenvalue weighted by molar-refractivity contribution is -0.119. The Hall–Kier alpha value is -1.70. The van der Waals surface area contributed by atoms with Gasteiger partial charge >= 0.3 is 0 Å². The molecule has 0 radical (unpaired) electrons. The van der Waals surface area contributed by atoms with E-state index in [0.717, 1.165) is 28.5 Å². The van der Waals surface area contributed by atoms with Crippen LogP contribution in [0.5, 0.6) is 0 Å². The molecule has 146 valence electrons. The number of benzene rings is 2. The van der Waals surface area contributed by atoms with Gasteiger partial charge in [0.05, 0.1) is 17.0 Å². The second kappa shape index (κ2) is 10.6. The fraction of sp³-hybridized carbons (Fsp3) is 0.316. The van der Waals surface area contributed by atoms with E-state index in [1.165, 1.54) is 5.56 Å². The summed E-state index contributed by atoms with van der Waals surface area (Å²) in [7, 11) is -3.62. The van der Waals surface area contributed by atoms with Crippen LogP contribution < -0.4 is 9.62 Å². The van der Waals surface area contributed by atoms with E-state index in [2.05, 4.69) is 17.4 Å². The maximum absolute atomic E-state index is 12.2. The summed E-state index contributed by atoms with van der Waals surface area (Å²) in [4.78, 5) is 12.2. The van der Waals surface area contributed by atoms with Crippen LogP contribution in [0, 0.1) is 0 Å². The molecule has 0 bridgehead atoms. The number of nitrogens with one attached hydrogen (secondary N) is 1. The van der Waals surface area contributed by atoms with Crippen molar-refractivity contribution in [3.05, 3.63) is 65.2 Å². The first-order chi connectivity index (χ1) is 12.9. The van der Waals surface area contributed by atoms with Crippen molar-refractivity contribution in [2.24, 2.45) is 0 Å². The number of rotatable bonds is 10. The second-order valence-electron chi connectivity index (χ2n) is 5.96. The standard InChI is InChI=1S/C19H23ClN2O3S2/c1-27(24,25)22(18-11-6-5-10-17(18)20)14-19(23)21-12-7-13-26-15-16-8-3-2-4-9-16/h2-6,8-11H,7,12-15H2,1H3,(H,21,23). The van der Waals surface area contributed by atoms with Crippen LogP contribution >= 0.6 is 23.4 Å². The van der Waals surface area contributed by atoms with Crippen LogP contribution in [0.3, 0.4) is 0 Å². The quantitative estimate of drug-likeness (QED) is 0.590. The van der Waals surface area contributed by atoms with Crippen LogP contribution in [-0.4, -0.2) is 39.4 Å². The van der Waals surface area contributed by atoms with E-state index < -0.39 is 10.0 Å². The van der Waals surface area contributed by atoms with Gasteiger partial charge in [0, 0.05) is 12.3 Å². The van der Waals surface area contributed by atoms with E-state index in [1.54, 1.807) is 36.0 Å². The molecule has 5 nitrogen and oxygen atoms in total. The highest BCUT2D eigenvalue weighted by molar-refractivity contribution is 7.98. The molecule has 0 aliphatic rings. The van der Waals surface area contributed by atoms with Gasteiger partial charge in [-0.25, -0.2) is 8.42 Å². The molecule has 0 saturated carbocycles. The molecular formula is C19H23ClN2O3S2. The summed E-state index contributed by atoms with van der Waals surface area (Å²) in [5, 5.41) is 3.06. The molecule has 0 unspecified atom stereocenters. The smallest absolute Gasteiger partial charge is 0.240 e. The van der Waals surface area contributed by atoms with Crippen LogP contribution in [0.15, 0.2) is 54.6 Å². The Morgan fingerprint density at radius 1 is 1.11 bits per heavy atom. The van der Waals surface area contributed by atoms with Crippen molar-refractivity contribution in [3.63, 3.8) is 0 Å². The minimum Gasteiger partial charge on any atom is -0.354 e. The topological polar surface area (TPSA) is 66.5 Å². The Labute approximate surface area is 170 Å². The first-order valence-corrected chi connectivity index (χ1v) is 11.9. The van der Waals surface area contributed by atoms with E-state index in [9.17, 15) is 13.2 Å². The lowest BCUT2D eigenvalue weighted by Gasteiger charge is -2.22. The number of halogens is 1. The van der Waals surface area contributed by atoms with E-state index in [-0.39, 0.29) is 17.5 Å². The summed E-state index contributed by atoms with van der Waals surface area (Å²) in [5.41, 5.74) is 1.57. The van der Waals surface area contributed by atoms with Crippen molar-refractivity contribution in [1.82, 2.24) is 5.32 Å². The maximum atomic E-state index is 12.2. The van der Waals surface area contributed by atoms with Crippen molar-refractivity contribution < 1.29 is 13.2 Å². The Balaban J connectivity index is 1.77. The third-order valence-electron chi connectivity index (χ3n) is 3.71. The number of anilines is 1.